The van der Waals surface area contributed by atoms with Crippen LogP contribution < -0.4 is 10.2 Å². The van der Waals surface area contributed by atoms with E-state index in [-0.39, 0.29) is 29.6 Å². The second kappa shape index (κ2) is 12.2. The van der Waals surface area contributed by atoms with Crippen LogP contribution in [0.5, 0.6) is 5.75 Å². The number of carbonyl (C=O) groups is 2. The number of hydrogen-bond donors (Lipinski definition) is 1. The van der Waals surface area contributed by atoms with Crippen molar-refractivity contribution in [3.8, 4) is 5.75 Å². The van der Waals surface area contributed by atoms with Crippen molar-refractivity contribution in [2.75, 3.05) is 18.1 Å². The molecule has 0 bridgehead atoms. The highest BCUT2D eigenvalue weighted by Crippen LogP contribution is 2.37. The van der Waals surface area contributed by atoms with Crippen LogP contribution in [-0.2, 0) is 14.4 Å². The third-order valence-corrected chi connectivity index (χ3v) is 7.68. The van der Waals surface area contributed by atoms with Crippen LogP contribution in [0.15, 0.2) is 24.3 Å². The molecule has 2 fully saturated rings. The predicted molar refractivity (Wildman–Crippen MR) is 126 cm³/mol. The first-order chi connectivity index (χ1) is 15.0. The molecule has 3 rings (SSSR count). The van der Waals surface area contributed by atoms with E-state index in [1.54, 1.807) is 12.1 Å². The zero-order valence-electron chi connectivity index (χ0n) is 18.5. The molecular weight excluding hydrogens is 434 g/mol. The van der Waals surface area contributed by atoms with Crippen LogP contribution in [0.1, 0.15) is 52.4 Å². The van der Waals surface area contributed by atoms with E-state index < -0.39 is 5.92 Å². The number of carbonyl (C=O) groups excluding carboxylic acids is 2. The lowest BCUT2D eigenvalue weighted by Crippen LogP contribution is -2.49. The Labute approximate surface area is 194 Å². The first-order valence-electron chi connectivity index (χ1n) is 11.4. The van der Waals surface area contributed by atoms with Gasteiger partial charge in [-0.05, 0) is 73.8 Å². The molecule has 1 aromatic carbocycles. The zero-order valence-corrected chi connectivity index (χ0v) is 20.1. The van der Waals surface area contributed by atoms with Crippen LogP contribution in [0.4, 0.5) is 0 Å². The molecule has 0 radical (unpaired) electrons. The molecule has 7 heteroatoms. The third kappa shape index (κ3) is 7.21. The van der Waals surface area contributed by atoms with Gasteiger partial charge in [-0.25, -0.2) is 0 Å². The summed E-state index contributed by atoms with van der Waals surface area (Å²) in [4.78, 5) is 31.7. The molecule has 1 saturated heterocycles. The molecule has 0 amide bonds. The number of ketones is 2. The number of hydroxylamine groups is 1. The summed E-state index contributed by atoms with van der Waals surface area (Å²) in [5.41, 5.74) is 3.02. The van der Waals surface area contributed by atoms with Gasteiger partial charge in [-0.1, -0.05) is 24.9 Å². The highest BCUT2D eigenvalue weighted by molar-refractivity contribution is 7.99. The van der Waals surface area contributed by atoms with Crippen LogP contribution in [0, 0.1) is 17.8 Å². The van der Waals surface area contributed by atoms with E-state index in [1.807, 2.05) is 30.8 Å². The van der Waals surface area contributed by atoms with Gasteiger partial charge in [-0.15, -0.1) is 0 Å². The summed E-state index contributed by atoms with van der Waals surface area (Å²) < 4.78 is 5.82. The largest absolute Gasteiger partial charge is 0.488 e. The minimum atomic E-state index is -0.597. The number of nitrogens with one attached hydrogen (secondary N) is 1. The highest BCUT2D eigenvalue weighted by Gasteiger charge is 2.42. The van der Waals surface area contributed by atoms with Crippen LogP contribution in [0.25, 0.3) is 0 Å². The SMILES string of the molecule is CCCC(NOCC(C)Oc1ccc(Cl)cc1)C1C(=O)CC(C2CCCSC2)CC1=O. The molecule has 1 aromatic rings. The molecule has 3 unspecified atom stereocenters. The van der Waals surface area contributed by atoms with E-state index in [2.05, 4.69) is 12.4 Å². The Hall–Kier alpha value is -1.08. The summed E-state index contributed by atoms with van der Waals surface area (Å²) in [5.74, 6) is 3.30. The Morgan fingerprint density at radius 1 is 1.16 bits per heavy atom. The lowest BCUT2D eigenvalue weighted by Gasteiger charge is -2.36. The lowest BCUT2D eigenvalue weighted by molar-refractivity contribution is -0.142. The van der Waals surface area contributed by atoms with Crippen molar-refractivity contribution in [1.29, 1.82) is 0 Å². The molecule has 2 aliphatic rings. The standard InChI is InChI=1S/C24H34ClNO4S/c1-3-5-21(26-29-14-16(2)30-20-9-7-19(25)8-10-20)24-22(27)12-18(13-23(24)28)17-6-4-11-31-15-17/h7-10,16-18,21,24,26H,3-6,11-15H2,1-2H3. The van der Waals surface area contributed by atoms with E-state index in [4.69, 9.17) is 21.2 Å². The maximum absolute atomic E-state index is 13.0. The lowest BCUT2D eigenvalue weighted by atomic mass is 9.71. The maximum atomic E-state index is 13.0. The van der Waals surface area contributed by atoms with Crippen LogP contribution in [0.3, 0.4) is 0 Å². The normalized spacial score (nSPS) is 26.5. The third-order valence-electron chi connectivity index (χ3n) is 6.19. The van der Waals surface area contributed by atoms with E-state index in [0.29, 0.717) is 30.4 Å². The van der Waals surface area contributed by atoms with Gasteiger partial charge in [0.1, 0.15) is 30.0 Å². The van der Waals surface area contributed by atoms with Crippen LogP contribution >= 0.6 is 23.4 Å². The minimum Gasteiger partial charge on any atom is -0.488 e. The van der Waals surface area contributed by atoms with Gasteiger partial charge in [-0.3, -0.25) is 14.4 Å². The summed E-state index contributed by atoms with van der Waals surface area (Å²) in [5, 5.41) is 0.659. The Morgan fingerprint density at radius 3 is 2.48 bits per heavy atom. The van der Waals surface area contributed by atoms with E-state index in [0.717, 1.165) is 30.8 Å². The number of thioether (sulfide) groups is 1. The Kier molecular flexibility index (Phi) is 9.70. The van der Waals surface area contributed by atoms with Crippen molar-refractivity contribution in [1.82, 2.24) is 5.48 Å². The van der Waals surface area contributed by atoms with Gasteiger partial charge >= 0.3 is 0 Å². The molecule has 1 aliphatic heterocycles. The molecule has 5 nitrogen and oxygen atoms in total. The first kappa shape index (κ1) is 24.6. The molecule has 1 heterocycles. The fourth-order valence-electron chi connectivity index (χ4n) is 4.60. The smallest absolute Gasteiger partial charge is 0.145 e. The van der Waals surface area contributed by atoms with Gasteiger partial charge < -0.3 is 4.74 Å². The molecule has 172 valence electrons. The minimum absolute atomic E-state index is 0.0804. The van der Waals surface area contributed by atoms with Gasteiger partial charge in [0.2, 0.25) is 0 Å². The van der Waals surface area contributed by atoms with Crippen molar-refractivity contribution >= 4 is 34.9 Å². The highest BCUT2D eigenvalue weighted by atomic mass is 35.5. The Balaban J connectivity index is 1.50. The topological polar surface area (TPSA) is 64.6 Å². The van der Waals surface area contributed by atoms with Crippen molar-refractivity contribution < 1.29 is 19.2 Å². The zero-order chi connectivity index (χ0) is 22.2. The molecule has 31 heavy (non-hydrogen) atoms. The number of hydrogen-bond acceptors (Lipinski definition) is 6. The molecule has 0 spiro atoms. The average molecular weight is 468 g/mol. The number of halogens is 1. The average Bonchev–Trinajstić information content (AvgIpc) is 2.75. The summed E-state index contributed by atoms with van der Waals surface area (Å²) in [6, 6.07) is 6.90. The molecule has 3 atom stereocenters. The van der Waals surface area contributed by atoms with Crippen molar-refractivity contribution in [2.45, 2.75) is 64.5 Å². The van der Waals surface area contributed by atoms with Gasteiger partial charge in [-0.2, -0.15) is 17.2 Å². The Bertz CT molecular complexity index is 705. The van der Waals surface area contributed by atoms with Gasteiger partial charge in [0, 0.05) is 23.9 Å². The quantitative estimate of drug-likeness (QED) is 0.381. The van der Waals surface area contributed by atoms with Crippen molar-refractivity contribution in [3.05, 3.63) is 29.3 Å². The summed E-state index contributed by atoms with van der Waals surface area (Å²) in [6.45, 7) is 4.27. The molecule has 1 N–H and O–H groups in total. The van der Waals surface area contributed by atoms with E-state index in [9.17, 15) is 9.59 Å². The number of ether oxygens (including phenoxy) is 1. The van der Waals surface area contributed by atoms with Gasteiger partial charge in [0.15, 0.2) is 0 Å². The van der Waals surface area contributed by atoms with Crippen molar-refractivity contribution in [3.63, 3.8) is 0 Å². The number of benzene rings is 1. The molecule has 0 aromatic heterocycles. The Morgan fingerprint density at radius 2 is 1.87 bits per heavy atom. The van der Waals surface area contributed by atoms with Gasteiger partial charge in [0.05, 0.1) is 5.92 Å². The van der Waals surface area contributed by atoms with Crippen LogP contribution in [-0.4, -0.2) is 41.8 Å². The number of rotatable bonds is 10. The van der Waals surface area contributed by atoms with E-state index >= 15 is 0 Å². The predicted octanol–water partition coefficient (Wildman–Crippen LogP) is 5.10. The fraction of sp³-hybridized carbons (Fsp3) is 0.667. The summed E-state index contributed by atoms with van der Waals surface area (Å²) in [6.07, 6.45) is 4.80. The van der Waals surface area contributed by atoms with Crippen molar-refractivity contribution in [2.24, 2.45) is 17.8 Å². The van der Waals surface area contributed by atoms with Crippen LogP contribution in [0.2, 0.25) is 5.02 Å². The maximum Gasteiger partial charge on any atom is 0.145 e. The molecule has 1 aliphatic carbocycles. The molecule has 1 saturated carbocycles. The molecular formula is C24H34ClNO4S. The van der Waals surface area contributed by atoms with Gasteiger partial charge in [0.25, 0.3) is 0 Å². The monoisotopic (exact) mass is 467 g/mol. The summed E-state index contributed by atoms with van der Waals surface area (Å²) >= 11 is 7.86. The second-order valence-electron chi connectivity index (χ2n) is 8.76. The summed E-state index contributed by atoms with van der Waals surface area (Å²) in [7, 11) is 0. The fourth-order valence-corrected chi connectivity index (χ4v) is 6.00. The first-order valence-corrected chi connectivity index (χ1v) is 12.9. The number of Topliss-reactive ketones (excluding diaryl/α,β-unsaturated/α-hetero) is 2. The van der Waals surface area contributed by atoms with E-state index in [1.165, 1.54) is 12.2 Å². The second-order valence-corrected chi connectivity index (χ2v) is 10.3.